The predicted octanol–water partition coefficient (Wildman–Crippen LogP) is 1.55. The molecule has 0 aliphatic heterocycles. The summed E-state index contributed by atoms with van der Waals surface area (Å²) in [4.78, 5) is 0. The molecule has 5 heteroatoms. The van der Waals surface area contributed by atoms with Crippen molar-refractivity contribution in [3.8, 4) is 0 Å². The van der Waals surface area contributed by atoms with Gasteiger partial charge in [0, 0.05) is 12.1 Å². The van der Waals surface area contributed by atoms with E-state index in [1.165, 1.54) is 0 Å². The Morgan fingerprint density at radius 1 is 1.27 bits per heavy atom. The zero-order chi connectivity index (χ0) is 8.43. The Morgan fingerprint density at radius 3 is 2.27 bits per heavy atom. The summed E-state index contributed by atoms with van der Waals surface area (Å²) in [5.74, 6) is 0. The van der Waals surface area contributed by atoms with Crippen LogP contribution in [0.4, 0.5) is 0 Å². The number of nitrogens with zero attached hydrogens (tertiary/aromatic N) is 2. The van der Waals surface area contributed by atoms with Gasteiger partial charge in [-0.15, -0.1) is 10.2 Å². The molecule has 0 saturated heterocycles. The third kappa shape index (κ3) is 1.61. The topological polar surface area (TPSA) is 51.8 Å². The van der Waals surface area contributed by atoms with Gasteiger partial charge >= 0.3 is 0 Å². The predicted molar refractivity (Wildman–Crippen MR) is 44.7 cm³/mol. The van der Waals surface area contributed by atoms with Gasteiger partial charge in [0.2, 0.25) is 0 Å². The number of aromatic nitrogens is 2. The van der Waals surface area contributed by atoms with Gasteiger partial charge in [-0.1, -0.05) is 23.2 Å². The molecule has 3 nitrogen and oxygen atoms in total. The Bertz CT molecular complexity index is 275. The van der Waals surface area contributed by atoms with Gasteiger partial charge < -0.3 is 5.73 Å². The molecule has 1 aromatic rings. The lowest BCUT2D eigenvalue weighted by molar-refractivity contribution is 0.945. The second kappa shape index (κ2) is 3.34. The van der Waals surface area contributed by atoms with Crippen LogP contribution in [-0.4, -0.2) is 10.2 Å². The normalized spacial score (nSPS) is 10.2. The molecular formula is C6H7Cl2N3. The van der Waals surface area contributed by atoms with Crippen molar-refractivity contribution in [2.24, 2.45) is 5.73 Å². The van der Waals surface area contributed by atoms with Crippen molar-refractivity contribution < 1.29 is 0 Å². The van der Waals surface area contributed by atoms with Crippen LogP contribution in [0.2, 0.25) is 10.3 Å². The van der Waals surface area contributed by atoms with E-state index >= 15 is 0 Å². The zero-order valence-corrected chi connectivity index (χ0v) is 7.45. The average Bonchev–Trinajstić information content (AvgIpc) is 1.99. The Balaban J connectivity index is 3.29. The number of halogens is 2. The standard InChI is InChI=1S/C6H7Cl2N3/c1-3-4(2-9)6(8)11-10-5(3)7/h2,9H2,1H3. The summed E-state index contributed by atoms with van der Waals surface area (Å²) in [5.41, 5.74) is 6.97. The van der Waals surface area contributed by atoms with Gasteiger partial charge in [-0.05, 0) is 12.5 Å². The van der Waals surface area contributed by atoms with Gasteiger partial charge in [0.25, 0.3) is 0 Å². The third-order valence-electron chi connectivity index (χ3n) is 1.44. The Kier molecular flexibility index (Phi) is 2.65. The molecule has 0 spiro atoms. The summed E-state index contributed by atoms with van der Waals surface area (Å²) in [6.45, 7) is 2.14. The summed E-state index contributed by atoms with van der Waals surface area (Å²) in [5, 5.41) is 7.91. The Labute approximate surface area is 74.5 Å². The minimum atomic E-state index is 0.328. The summed E-state index contributed by atoms with van der Waals surface area (Å²) >= 11 is 11.4. The molecule has 2 N–H and O–H groups in total. The van der Waals surface area contributed by atoms with Crippen molar-refractivity contribution in [3.05, 3.63) is 21.4 Å². The van der Waals surface area contributed by atoms with Crippen LogP contribution in [0.25, 0.3) is 0 Å². The maximum atomic E-state index is 5.69. The van der Waals surface area contributed by atoms with Crippen LogP contribution in [0.15, 0.2) is 0 Å². The van der Waals surface area contributed by atoms with E-state index in [-0.39, 0.29) is 0 Å². The highest BCUT2D eigenvalue weighted by Gasteiger charge is 2.07. The van der Waals surface area contributed by atoms with Gasteiger partial charge in [0.1, 0.15) is 0 Å². The highest BCUT2D eigenvalue weighted by Crippen LogP contribution is 2.20. The first-order valence-corrected chi connectivity index (χ1v) is 3.79. The Morgan fingerprint density at radius 2 is 1.82 bits per heavy atom. The maximum Gasteiger partial charge on any atom is 0.156 e. The van der Waals surface area contributed by atoms with Crippen LogP contribution in [-0.2, 0) is 6.54 Å². The number of rotatable bonds is 1. The lowest BCUT2D eigenvalue weighted by Crippen LogP contribution is -2.03. The van der Waals surface area contributed by atoms with E-state index in [1.807, 2.05) is 6.92 Å². The number of hydrogen-bond acceptors (Lipinski definition) is 3. The molecule has 60 valence electrons. The van der Waals surface area contributed by atoms with Crippen LogP contribution in [0.5, 0.6) is 0 Å². The molecule has 0 aromatic carbocycles. The van der Waals surface area contributed by atoms with E-state index in [4.69, 9.17) is 28.9 Å². The largest absolute Gasteiger partial charge is 0.326 e. The molecule has 0 fully saturated rings. The van der Waals surface area contributed by atoms with Gasteiger partial charge in [0.15, 0.2) is 10.3 Å². The van der Waals surface area contributed by atoms with Crippen molar-refractivity contribution in [2.75, 3.05) is 0 Å². The van der Waals surface area contributed by atoms with Crippen LogP contribution in [0.1, 0.15) is 11.1 Å². The van der Waals surface area contributed by atoms with Crippen molar-refractivity contribution in [1.29, 1.82) is 0 Å². The zero-order valence-electron chi connectivity index (χ0n) is 5.93. The van der Waals surface area contributed by atoms with Crippen LogP contribution in [0.3, 0.4) is 0 Å². The highest BCUT2D eigenvalue weighted by atomic mass is 35.5. The SMILES string of the molecule is Cc1c(Cl)nnc(Cl)c1CN. The fourth-order valence-corrected chi connectivity index (χ4v) is 1.15. The highest BCUT2D eigenvalue weighted by molar-refractivity contribution is 6.32. The minimum absolute atomic E-state index is 0.328. The lowest BCUT2D eigenvalue weighted by atomic mass is 10.2. The molecule has 0 amide bonds. The fourth-order valence-electron chi connectivity index (χ4n) is 0.740. The molecule has 0 atom stereocenters. The molecule has 0 unspecified atom stereocenters. The van der Waals surface area contributed by atoms with Crippen LogP contribution < -0.4 is 5.73 Å². The van der Waals surface area contributed by atoms with Gasteiger partial charge in [-0.2, -0.15) is 0 Å². The van der Waals surface area contributed by atoms with Crippen molar-refractivity contribution in [2.45, 2.75) is 13.5 Å². The van der Waals surface area contributed by atoms with Crippen molar-refractivity contribution in [3.63, 3.8) is 0 Å². The maximum absolute atomic E-state index is 5.69. The van der Waals surface area contributed by atoms with Gasteiger partial charge in [-0.3, -0.25) is 0 Å². The van der Waals surface area contributed by atoms with E-state index in [0.717, 1.165) is 11.1 Å². The average molecular weight is 192 g/mol. The Hall–Kier alpha value is -0.380. The van der Waals surface area contributed by atoms with Crippen LogP contribution >= 0.6 is 23.2 Å². The fraction of sp³-hybridized carbons (Fsp3) is 0.333. The van der Waals surface area contributed by atoms with E-state index in [2.05, 4.69) is 10.2 Å². The second-order valence-corrected chi connectivity index (χ2v) is 2.81. The molecule has 1 aromatic heterocycles. The molecule has 1 rings (SSSR count). The molecule has 1 heterocycles. The van der Waals surface area contributed by atoms with E-state index in [0.29, 0.717) is 16.9 Å². The number of hydrogen-bond donors (Lipinski definition) is 1. The van der Waals surface area contributed by atoms with E-state index < -0.39 is 0 Å². The first kappa shape index (κ1) is 8.71. The first-order chi connectivity index (χ1) is 5.16. The summed E-state index contributed by atoms with van der Waals surface area (Å²) < 4.78 is 0. The van der Waals surface area contributed by atoms with Crippen LogP contribution in [0, 0.1) is 6.92 Å². The first-order valence-electron chi connectivity index (χ1n) is 3.04. The minimum Gasteiger partial charge on any atom is -0.326 e. The molecule has 11 heavy (non-hydrogen) atoms. The second-order valence-electron chi connectivity index (χ2n) is 2.09. The summed E-state index contributed by atoms with van der Waals surface area (Å²) in [7, 11) is 0. The molecule has 0 aliphatic rings. The summed E-state index contributed by atoms with van der Waals surface area (Å²) in [6.07, 6.45) is 0. The van der Waals surface area contributed by atoms with Crippen molar-refractivity contribution in [1.82, 2.24) is 10.2 Å². The lowest BCUT2D eigenvalue weighted by Gasteiger charge is -2.03. The third-order valence-corrected chi connectivity index (χ3v) is 2.10. The van der Waals surface area contributed by atoms with Crippen molar-refractivity contribution >= 4 is 23.2 Å². The quantitative estimate of drug-likeness (QED) is 0.734. The molecule has 0 aliphatic carbocycles. The van der Waals surface area contributed by atoms with E-state index in [9.17, 15) is 0 Å². The smallest absolute Gasteiger partial charge is 0.156 e. The monoisotopic (exact) mass is 191 g/mol. The summed E-state index contributed by atoms with van der Waals surface area (Å²) in [6, 6.07) is 0. The molecule has 0 bridgehead atoms. The molecular weight excluding hydrogens is 185 g/mol. The number of nitrogens with two attached hydrogens (primary N) is 1. The van der Waals surface area contributed by atoms with Gasteiger partial charge in [-0.25, -0.2) is 0 Å². The van der Waals surface area contributed by atoms with E-state index in [1.54, 1.807) is 0 Å². The molecule has 0 radical (unpaired) electrons. The molecule has 0 saturated carbocycles. The van der Waals surface area contributed by atoms with Gasteiger partial charge in [0.05, 0.1) is 0 Å².